The summed E-state index contributed by atoms with van der Waals surface area (Å²) in [5, 5.41) is 1.53. The van der Waals surface area contributed by atoms with E-state index >= 15 is 0 Å². The SMILES string of the molecule is COC(=O)c1sccc1S(=O)(=O)NCc1cccnc1-c1ccco1. The van der Waals surface area contributed by atoms with Gasteiger partial charge in [0.1, 0.15) is 15.5 Å². The fourth-order valence-corrected chi connectivity index (χ4v) is 4.56. The van der Waals surface area contributed by atoms with Crippen LogP contribution in [-0.2, 0) is 21.3 Å². The quantitative estimate of drug-likeness (QED) is 0.662. The first-order chi connectivity index (χ1) is 12.0. The summed E-state index contributed by atoms with van der Waals surface area (Å²) in [6.07, 6.45) is 3.12. The fraction of sp³-hybridized carbons (Fsp3) is 0.125. The molecule has 0 aliphatic carbocycles. The number of furan rings is 1. The minimum absolute atomic E-state index is 0.00264. The summed E-state index contributed by atoms with van der Waals surface area (Å²) >= 11 is 1.01. The first-order valence-electron chi connectivity index (χ1n) is 7.16. The smallest absolute Gasteiger partial charge is 0.349 e. The van der Waals surface area contributed by atoms with Crippen molar-refractivity contribution in [3.63, 3.8) is 0 Å². The molecule has 7 nitrogen and oxygen atoms in total. The van der Waals surface area contributed by atoms with Crippen molar-refractivity contribution in [2.75, 3.05) is 7.11 Å². The average Bonchev–Trinajstić information content (AvgIpc) is 3.31. The standard InChI is InChI=1S/C16H14N2O5S2/c1-22-16(19)15-13(6-9-24-15)25(20,21)18-10-11-4-2-7-17-14(11)12-5-3-8-23-12/h2-9,18H,10H2,1H3. The Morgan fingerprint density at radius 3 is 2.88 bits per heavy atom. The van der Waals surface area contributed by atoms with Crippen LogP contribution in [0.2, 0.25) is 0 Å². The van der Waals surface area contributed by atoms with Crippen molar-refractivity contribution in [1.29, 1.82) is 0 Å². The van der Waals surface area contributed by atoms with Crippen molar-refractivity contribution in [3.8, 4) is 11.5 Å². The molecule has 0 aromatic carbocycles. The molecule has 0 saturated heterocycles. The van der Waals surface area contributed by atoms with Crippen LogP contribution in [0.1, 0.15) is 15.2 Å². The summed E-state index contributed by atoms with van der Waals surface area (Å²) in [5.41, 5.74) is 1.20. The molecule has 130 valence electrons. The van der Waals surface area contributed by atoms with E-state index in [0.29, 0.717) is 17.0 Å². The van der Waals surface area contributed by atoms with Gasteiger partial charge in [0.25, 0.3) is 0 Å². The van der Waals surface area contributed by atoms with Gasteiger partial charge in [-0.05, 0) is 35.2 Å². The minimum atomic E-state index is -3.89. The lowest BCUT2D eigenvalue weighted by Gasteiger charge is -2.09. The molecule has 25 heavy (non-hydrogen) atoms. The number of methoxy groups -OCH3 is 1. The molecule has 3 rings (SSSR count). The van der Waals surface area contributed by atoms with E-state index in [2.05, 4.69) is 14.4 Å². The van der Waals surface area contributed by atoms with Crippen molar-refractivity contribution in [2.24, 2.45) is 0 Å². The van der Waals surface area contributed by atoms with Crippen LogP contribution in [-0.4, -0.2) is 26.5 Å². The van der Waals surface area contributed by atoms with Gasteiger partial charge in [0.05, 0.1) is 13.4 Å². The molecular formula is C16H14N2O5S2. The summed E-state index contributed by atoms with van der Waals surface area (Å²) in [5.74, 6) is -0.145. The van der Waals surface area contributed by atoms with Crippen LogP contribution in [0.4, 0.5) is 0 Å². The molecule has 0 saturated carbocycles. The zero-order valence-corrected chi connectivity index (χ0v) is 14.8. The van der Waals surface area contributed by atoms with Crippen LogP contribution in [0.25, 0.3) is 11.5 Å². The van der Waals surface area contributed by atoms with Crippen LogP contribution in [0.5, 0.6) is 0 Å². The number of pyridine rings is 1. The van der Waals surface area contributed by atoms with Gasteiger partial charge in [0, 0.05) is 12.7 Å². The van der Waals surface area contributed by atoms with Gasteiger partial charge < -0.3 is 9.15 Å². The fourth-order valence-electron chi connectivity index (χ4n) is 2.22. The number of hydrogen-bond donors (Lipinski definition) is 1. The number of aromatic nitrogens is 1. The Balaban J connectivity index is 1.85. The summed E-state index contributed by atoms with van der Waals surface area (Å²) < 4.78 is 37.5. The average molecular weight is 378 g/mol. The number of thiophene rings is 1. The van der Waals surface area contributed by atoms with E-state index in [0.717, 1.165) is 11.3 Å². The van der Waals surface area contributed by atoms with E-state index in [1.165, 1.54) is 24.8 Å². The van der Waals surface area contributed by atoms with Gasteiger partial charge in [-0.25, -0.2) is 17.9 Å². The summed E-state index contributed by atoms with van der Waals surface area (Å²) in [6, 6.07) is 8.30. The third-order valence-corrected chi connectivity index (χ3v) is 5.86. The highest BCUT2D eigenvalue weighted by Gasteiger charge is 2.24. The van der Waals surface area contributed by atoms with Crippen LogP contribution in [0.15, 0.2) is 57.5 Å². The molecular weight excluding hydrogens is 364 g/mol. The molecule has 0 amide bonds. The Kier molecular flexibility index (Phi) is 4.98. The van der Waals surface area contributed by atoms with E-state index in [-0.39, 0.29) is 16.3 Å². The first kappa shape index (κ1) is 17.3. The molecule has 0 atom stereocenters. The van der Waals surface area contributed by atoms with E-state index in [1.54, 1.807) is 30.5 Å². The second kappa shape index (κ2) is 7.18. The maximum absolute atomic E-state index is 12.5. The van der Waals surface area contributed by atoms with Crippen molar-refractivity contribution < 1.29 is 22.4 Å². The maximum Gasteiger partial charge on any atom is 0.349 e. The zero-order chi connectivity index (χ0) is 17.9. The summed E-state index contributed by atoms with van der Waals surface area (Å²) in [7, 11) is -2.68. The molecule has 0 spiro atoms. The van der Waals surface area contributed by atoms with E-state index < -0.39 is 16.0 Å². The predicted octanol–water partition coefficient (Wildman–Crippen LogP) is 2.67. The number of nitrogens with one attached hydrogen (secondary N) is 1. The molecule has 0 aliphatic heterocycles. The van der Waals surface area contributed by atoms with Gasteiger partial charge >= 0.3 is 5.97 Å². The Labute approximate surface area is 148 Å². The van der Waals surface area contributed by atoms with Crippen molar-refractivity contribution in [2.45, 2.75) is 11.4 Å². The second-order valence-electron chi connectivity index (χ2n) is 4.92. The predicted molar refractivity (Wildman–Crippen MR) is 91.6 cm³/mol. The van der Waals surface area contributed by atoms with Crippen LogP contribution >= 0.6 is 11.3 Å². The number of sulfonamides is 1. The number of rotatable bonds is 6. The largest absolute Gasteiger partial charge is 0.465 e. The molecule has 1 N–H and O–H groups in total. The Bertz CT molecular complexity index is 978. The van der Waals surface area contributed by atoms with Gasteiger partial charge in [-0.1, -0.05) is 6.07 Å². The number of carbonyl (C=O) groups is 1. The first-order valence-corrected chi connectivity index (χ1v) is 9.52. The molecule has 9 heteroatoms. The monoisotopic (exact) mass is 378 g/mol. The van der Waals surface area contributed by atoms with Crippen LogP contribution in [0, 0.1) is 0 Å². The third kappa shape index (κ3) is 3.63. The molecule has 0 fully saturated rings. The van der Waals surface area contributed by atoms with Crippen LogP contribution in [0.3, 0.4) is 0 Å². The van der Waals surface area contributed by atoms with Crippen molar-refractivity contribution in [3.05, 3.63) is 58.6 Å². The molecule has 3 heterocycles. The highest BCUT2D eigenvalue weighted by molar-refractivity contribution is 7.89. The molecule has 0 bridgehead atoms. The highest BCUT2D eigenvalue weighted by Crippen LogP contribution is 2.24. The molecule has 3 aromatic rings. The third-order valence-electron chi connectivity index (χ3n) is 3.39. The lowest BCUT2D eigenvalue weighted by atomic mass is 10.1. The maximum atomic E-state index is 12.5. The lowest BCUT2D eigenvalue weighted by Crippen LogP contribution is -2.24. The van der Waals surface area contributed by atoms with E-state index in [4.69, 9.17) is 4.42 Å². The molecule has 0 radical (unpaired) electrons. The Hall–Kier alpha value is -2.49. The number of ether oxygens (including phenoxy) is 1. The number of hydrogen-bond acceptors (Lipinski definition) is 7. The second-order valence-corrected chi connectivity index (χ2v) is 7.57. The Morgan fingerprint density at radius 2 is 2.16 bits per heavy atom. The Morgan fingerprint density at radius 1 is 1.32 bits per heavy atom. The van der Waals surface area contributed by atoms with Crippen molar-refractivity contribution >= 4 is 27.3 Å². The number of carbonyl (C=O) groups excluding carboxylic acids is 1. The summed E-state index contributed by atoms with van der Waals surface area (Å²) in [6.45, 7) is 0.00264. The lowest BCUT2D eigenvalue weighted by molar-refractivity contribution is 0.0602. The normalized spacial score (nSPS) is 11.4. The number of esters is 1. The minimum Gasteiger partial charge on any atom is -0.465 e. The van der Waals surface area contributed by atoms with E-state index in [1.807, 2.05) is 0 Å². The van der Waals surface area contributed by atoms with Gasteiger partial charge in [-0.15, -0.1) is 11.3 Å². The topological polar surface area (TPSA) is 98.5 Å². The molecule has 3 aromatic heterocycles. The van der Waals surface area contributed by atoms with E-state index in [9.17, 15) is 13.2 Å². The van der Waals surface area contributed by atoms with Gasteiger partial charge in [0.2, 0.25) is 10.0 Å². The zero-order valence-electron chi connectivity index (χ0n) is 13.1. The molecule has 0 unspecified atom stereocenters. The highest BCUT2D eigenvalue weighted by atomic mass is 32.2. The number of nitrogens with zero attached hydrogens (tertiary/aromatic N) is 1. The summed E-state index contributed by atoms with van der Waals surface area (Å²) in [4.78, 5) is 15.9. The van der Waals surface area contributed by atoms with Gasteiger partial charge in [-0.2, -0.15) is 0 Å². The van der Waals surface area contributed by atoms with Gasteiger partial charge in [-0.3, -0.25) is 4.98 Å². The molecule has 0 aliphatic rings. The van der Waals surface area contributed by atoms with Crippen LogP contribution < -0.4 is 4.72 Å². The van der Waals surface area contributed by atoms with Crippen molar-refractivity contribution in [1.82, 2.24) is 9.71 Å². The van der Waals surface area contributed by atoms with Gasteiger partial charge in [0.15, 0.2) is 5.76 Å².